The molecule has 1 aliphatic rings. The van der Waals surface area contributed by atoms with Gasteiger partial charge in [0, 0.05) is 30.3 Å². The molecule has 0 bridgehead atoms. The van der Waals surface area contributed by atoms with Gasteiger partial charge in [-0.2, -0.15) is 0 Å². The van der Waals surface area contributed by atoms with Crippen molar-refractivity contribution in [2.45, 2.75) is 45.7 Å². The van der Waals surface area contributed by atoms with Gasteiger partial charge in [-0.1, -0.05) is 19.1 Å². The second-order valence-electron chi connectivity index (χ2n) is 5.86. The van der Waals surface area contributed by atoms with Gasteiger partial charge in [-0.3, -0.25) is 15.0 Å². The van der Waals surface area contributed by atoms with E-state index in [9.17, 15) is 10.1 Å². The van der Waals surface area contributed by atoms with Crippen molar-refractivity contribution in [3.63, 3.8) is 0 Å². The fourth-order valence-electron chi connectivity index (χ4n) is 3.07. The van der Waals surface area contributed by atoms with Crippen molar-refractivity contribution < 1.29 is 4.92 Å². The molecule has 21 heavy (non-hydrogen) atoms. The molecule has 1 fully saturated rings. The highest BCUT2D eigenvalue weighted by Crippen LogP contribution is 2.24. The molecule has 5 heteroatoms. The molecule has 1 saturated heterocycles. The summed E-state index contributed by atoms with van der Waals surface area (Å²) >= 11 is 0. The van der Waals surface area contributed by atoms with E-state index in [4.69, 9.17) is 0 Å². The van der Waals surface area contributed by atoms with Gasteiger partial charge in [0.1, 0.15) is 0 Å². The van der Waals surface area contributed by atoms with Crippen molar-refractivity contribution in [3.8, 4) is 0 Å². The van der Waals surface area contributed by atoms with E-state index in [2.05, 4.69) is 24.1 Å². The van der Waals surface area contributed by atoms with Crippen molar-refractivity contribution >= 4 is 5.69 Å². The number of likely N-dealkylation sites (tertiary alicyclic amines) is 1. The molecule has 2 rings (SSSR count). The molecule has 0 amide bonds. The first-order valence-corrected chi connectivity index (χ1v) is 7.75. The lowest BCUT2D eigenvalue weighted by molar-refractivity contribution is -0.385. The molecule has 1 N–H and O–H groups in total. The number of nitro benzene ring substituents is 1. The standard InChI is InChI=1S/C16H25N3O2/c1-4-18-9-5-6-15(18)11-17-13(3)14-8-7-12(2)16(10-14)19(20)21/h7-8,10,13,15,17H,4-6,9,11H2,1-3H3. The van der Waals surface area contributed by atoms with E-state index in [-0.39, 0.29) is 16.7 Å². The van der Waals surface area contributed by atoms with Crippen LogP contribution in [0.2, 0.25) is 0 Å². The van der Waals surface area contributed by atoms with Gasteiger partial charge < -0.3 is 5.32 Å². The molecule has 2 unspecified atom stereocenters. The second-order valence-corrected chi connectivity index (χ2v) is 5.86. The molecule has 0 spiro atoms. The molecule has 1 aromatic carbocycles. The van der Waals surface area contributed by atoms with Crippen LogP contribution in [0.25, 0.3) is 0 Å². The third kappa shape index (κ3) is 3.80. The zero-order valence-corrected chi connectivity index (χ0v) is 13.1. The van der Waals surface area contributed by atoms with Crippen LogP contribution in [-0.4, -0.2) is 35.5 Å². The Morgan fingerprint density at radius 1 is 1.52 bits per heavy atom. The van der Waals surface area contributed by atoms with Gasteiger partial charge in [0.25, 0.3) is 5.69 Å². The lowest BCUT2D eigenvalue weighted by Crippen LogP contribution is -2.38. The number of aryl methyl sites for hydroxylation is 1. The number of nitro groups is 1. The molecule has 1 aliphatic heterocycles. The first-order chi connectivity index (χ1) is 10.0. The molecule has 1 heterocycles. The third-order valence-electron chi connectivity index (χ3n) is 4.49. The summed E-state index contributed by atoms with van der Waals surface area (Å²) < 4.78 is 0. The summed E-state index contributed by atoms with van der Waals surface area (Å²) in [6.45, 7) is 9.27. The van der Waals surface area contributed by atoms with Crippen molar-refractivity contribution in [2.24, 2.45) is 0 Å². The summed E-state index contributed by atoms with van der Waals surface area (Å²) in [5.41, 5.74) is 1.90. The van der Waals surface area contributed by atoms with Gasteiger partial charge >= 0.3 is 0 Å². The van der Waals surface area contributed by atoms with Gasteiger partial charge in [-0.15, -0.1) is 0 Å². The Balaban J connectivity index is 1.98. The van der Waals surface area contributed by atoms with Gasteiger partial charge in [-0.25, -0.2) is 0 Å². The van der Waals surface area contributed by atoms with E-state index in [0.29, 0.717) is 11.6 Å². The van der Waals surface area contributed by atoms with Crippen LogP contribution in [0.1, 0.15) is 43.9 Å². The normalized spacial score (nSPS) is 20.6. The maximum Gasteiger partial charge on any atom is 0.272 e. The lowest BCUT2D eigenvalue weighted by Gasteiger charge is -2.25. The summed E-state index contributed by atoms with van der Waals surface area (Å²) in [6, 6.07) is 6.23. The first-order valence-electron chi connectivity index (χ1n) is 7.75. The molecular weight excluding hydrogens is 266 g/mol. The number of benzene rings is 1. The highest BCUT2D eigenvalue weighted by atomic mass is 16.6. The third-order valence-corrected chi connectivity index (χ3v) is 4.49. The minimum atomic E-state index is -0.304. The van der Waals surface area contributed by atoms with Crippen LogP contribution in [0.4, 0.5) is 5.69 Å². The topological polar surface area (TPSA) is 58.4 Å². The van der Waals surface area contributed by atoms with Crippen molar-refractivity contribution in [3.05, 3.63) is 39.4 Å². The zero-order chi connectivity index (χ0) is 15.4. The van der Waals surface area contributed by atoms with Gasteiger partial charge in [0.2, 0.25) is 0 Å². The molecule has 0 radical (unpaired) electrons. The molecule has 0 aromatic heterocycles. The fourth-order valence-corrected chi connectivity index (χ4v) is 3.07. The largest absolute Gasteiger partial charge is 0.309 e. The lowest BCUT2D eigenvalue weighted by atomic mass is 10.0. The molecule has 1 aromatic rings. The van der Waals surface area contributed by atoms with Crippen LogP contribution in [0.15, 0.2) is 18.2 Å². The van der Waals surface area contributed by atoms with Gasteiger partial charge in [0.15, 0.2) is 0 Å². The van der Waals surface area contributed by atoms with E-state index >= 15 is 0 Å². The molecule has 2 atom stereocenters. The number of likely N-dealkylation sites (N-methyl/N-ethyl adjacent to an activating group) is 1. The summed E-state index contributed by atoms with van der Waals surface area (Å²) in [4.78, 5) is 13.2. The van der Waals surface area contributed by atoms with Crippen LogP contribution in [0.5, 0.6) is 0 Å². The highest BCUT2D eigenvalue weighted by Gasteiger charge is 2.23. The Kier molecular flexibility index (Phi) is 5.31. The second kappa shape index (κ2) is 7.00. The first kappa shape index (κ1) is 15.9. The van der Waals surface area contributed by atoms with E-state index in [1.165, 1.54) is 19.4 Å². The quantitative estimate of drug-likeness (QED) is 0.646. The molecule has 5 nitrogen and oxygen atoms in total. The Morgan fingerprint density at radius 3 is 2.95 bits per heavy atom. The summed E-state index contributed by atoms with van der Waals surface area (Å²) in [6.07, 6.45) is 2.51. The molecule has 0 aliphatic carbocycles. The fraction of sp³-hybridized carbons (Fsp3) is 0.625. The van der Waals surface area contributed by atoms with E-state index in [1.54, 1.807) is 13.0 Å². The van der Waals surface area contributed by atoms with Crippen LogP contribution >= 0.6 is 0 Å². The van der Waals surface area contributed by atoms with E-state index in [0.717, 1.165) is 18.7 Å². The Labute approximate surface area is 126 Å². The summed E-state index contributed by atoms with van der Waals surface area (Å²) in [5.74, 6) is 0. The smallest absolute Gasteiger partial charge is 0.272 e. The number of rotatable bonds is 6. The van der Waals surface area contributed by atoms with Crippen LogP contribution in [0.3, 0.4) is 0 Å². The predicted octanol–water partition coefficient (Wildman–Crippen LogP) is 3.04. The summed E-state index contributed by atoms with van der Waals surface area (Å²) in [5, 5.41) is 14.6. The van der Waals surface area contributed by atoms with E-state index < -0.39 is 0 Å². The minimum absolute atomic E-state index is 0.128. The van der Waals surface area contributed by atoms with Crippen molar-refractivity contribution in [1.29, 1.82) is 0 Å². The Morgan fingerprint density at radius 2 is 2.29 bits per heavy atom. The van der Waals surface area contributed by atoms with Gasteiger partial charge in [0.05, 0.1) is 4.92 Å². The number of nitrogens with zero attached hydrogens (tertiary/aromatic N) is 2. The van der Waals surface area contributed by atoms with Gasteiger partial charge in [-0.05, 0) is 45.3 Å². The average Bonchev–Trinajstić information content (AvgIpc) is 2.92. The predicted molar refractivity (Wildman–Crippen MR) is 84.5 cm³/mol. The molecule has 116 valence electrons. The van der Waals surface area contributed by atoms with E-state index in [1.807, 2.05) is 12.1 Å². The van der Waals surface area contributed by atoms with Crippen molar-refractivity contribution in [2.75, 3.05) is 19.6 Å². The number of nitrogens with one attached hydrogen (secondary N) is 1. The Hall–Kier alpha value is -1.46. The molecular formula is C16H25N3O2. The summed E-state index contributed by atoms with van der Waals surface area (Å²) in [7, 11) is 0. The minimum Gasteiger partial charge on any atom is -0.309 e. The maximum absolute atomic E-state index is 11.0. The number of hydrogen-bond donors (Lipinski definition) is 1. The monoisotopic (exact) mass is 291 g/mol. The van der Waals surface area contributed by atoms with Crippen LogP contribution in [0, 0.1) is 17.0 Å². The highest BCUT2D eigenvalue weighted by molar-refractivity contribution is 5.43. The number of hydrogen-bond acceptors (Lipinski definition) is 4. The zero-order valence-electron chi connectivity index (χ0n) is 13.1. The average molecular weight is 291 g/mol. The van der Waals surface area contributed by atoms with Crippen LogP contribution in [-0.2, 0) is 0 Å². The van der Waals surface area contributed by atoms with Crippen LogP contribution < -0.4 is 5.32 Å². The Bertz CT molecular complexity index is 504. The maximum atomic E-state index is 11.0. The molecule has 0 saturated carbocycles. The SMILES string of the molecule is CCN1CCCC1CNC(C)c1ccc(C)c([N+](=O)[O-])c1. The van der Waals surface area contributed by atoms with Crippen molar-refractivity contribution in [1.82, 2.24) is 10.2 Å².